The van der Waals surface area contributed by atoms with Gasteiger partial charge in [0.25, 0.3) is 0 Å². The summed E-state index contributed by atoms with van der Waals surface area (Å²) in [5.74, 6) is -0.394. The van der Waals surface area contributed by atoms with Gasteiger partial charge in [0.2, 0.25) is 11.8 Å². The Morgan fingerprint density at radius 3 is 2.28 bits per heavy atom. The van der Waals surface area contributed by atoms with Crippen molar-refractivity contribution in [2.45, 2.75) is 52.2 Å². The standard InChI is InChI=1S/C22H25Cl3N2O2/c1-4-20(22(29)26-14(2)3)27(13-16-9-10-17(23)12-19(16)25)21(28)11-15-7-5-6-8-18(15)24/h5-10,12,14,20H,4,11,13H2,1-3H3,(H,26,29)/t20-/m0/s1. The molecular formula is C22H25Cl3N2O2. The number of halogens is 3. The lowest BCUT2D eigenvalue weighted by molar-refractivity contribution is -0.141. The SMILES string of the molecule is CC[C@@H](C(=O)NC(C)C)N(Cc1ccc(Cl)cc1Cl)C(=O)Cc1ccccc1Cl. The highest BCUT2D eigenvalue weighted by molar-refractivity contribution is 6.35. The molecule has 0 heterocycles. The molecule has 2 rings (SSSR count). The second-order valence-electron chi connectivity index (χ2n) is 7.11. The van der Waals surface area contributed by atoms with Crippen LogP contribution in [0.15, 0.2) is 42.5 Å². The zero-order chi connectivity index (χ0) is 21.6. The van der Waals surface area contributed by atoms with Gasteiger partial charge in [0.1, 0.15) is 6.04 Å². The molecule has 7 heteroatoms. The Balaban J connectivity index is 2.36. The molecule has 0 bridgehead atoms. The molecule has 0 aliphatic carbocycles. The molecule has 2 aromatic carbocycles. The average Bonchev–Trinajstić information content (AvgIpc) is 2.64. The maximum atomic E-state index is 13.3. The van der Waals surface area contributed by atoms with Crippen molar-refractivity contribution in [3.05, 3.63) is 68.7 Å². The zero-order valence-corrected chi connectivity index (χ0v) is 19.0. The van der Waals surface area contributed by atoms with Crippen LogP contribution in [0.4, 0.5) is 0 Å². The summed E-state index contributed by atoms with van der Waals surface area (Å²) in [7, 11) is 0. The molecule has 0 radical (unpaired) electrons. The third-order valence-corrected chi connectivity index (χ3v) is 5.43. The van der Waals surface area contributed by atoms with Crippen LogP contribution in [0.2, 0.25) is 15.1 Å². The Hall–Kier alpha value is -1.75. The number of nitrogens with zero attached hydrogens (tertiary/aromatic N) is 1. The fraction of sp³-hybridized carbons (Fsp3) is 0.364. The molecule has 156 valence electrons. The Labute approximate surface area is 187 Å². The van der Waals surface area contributed by atoms with E-state index in [1.807, 2.05) is 39.0 Å². The Morgan fingerprint density at radius 2 is 1.69 bits per heavy atom. The van der Waals surface area contributed by atoms with Crippen LogP contribution in [0.3, 0.4) is 0 Å². The van der Waals surface area contributed by atoms with Gasteiger partial charge in [-0.15, -0.1) is 0 Å². The first-order chi connectivity index (χ1) is 13.7. The summed E-state index contributed by atoms with van der Waals surface area (Å²) in [6, 6.07) is 11.7. The maximum absolute atomic E-state index is 13.3. The number of benzene rings is 2. The van der Waals surface area contributed by atoms with E-state index in [-0.39, 0.29) is 30.8 Å². The van der Waals surface area contributed by atoms with Gasteiger partial charge in [0.05, 0.1) is 6.42 Å². The van der Waals surface area contributed by atoms with E-state index in [4.69, 9.17) is 34.8 Å². The molecule has 1 atom stereocenters. The van der Waals surface area contributed by atoms with Gasteiger partial charge in [-0.25, -0.2) is 0 Å². The topological polar surface area (TPSA) is 49.4 Å². The first-order valence-corrected chi connectivity index (χ1v) is 10.6. The summed E-state index contributed by atoms with van der Waals surface area (Å²) in [6.45, 7) is 5.85. The van der Waals surface area contributed by atoms with Crippen molar-refractivity contribution in [2.24, 2.45) is 0 Å². The van der Waals surface area contributed by atoms with Crippen molar-refractivity contribution in [1.29, 1.82) is 0 Å². The van der Waals surface area contributed by atoms with Crippen molar-refractivity contribution in [2.75, 3.05) is 0 Å². The van der Waals surface area contributed by atoms with E-state index in [2.05, 4.69) is 5.32 Å². The van der Waals surface area contributed by atoms with E-state index in [1.54, 1.807) is 29.2 Å². The lowest BCUT2D eigenvalue weighted by atomic mass is 10.1. The number of amides is 2. The van der Waals surface area contributed by atoms with E-state index in [1.165, 1.54) is 0 Å². The number of carbonyl (C=O) groups excluding carboxylic acids is 2. The molecule has 29 heavy (non-hydrogen) atoms. The minimum Gasteiger partial charge on any atom is -0.352 e. The van der Waals surface area contributed by atoms with Gasteiger partial charge in [-0.1, -0.05) is 66.0 Å². The van der Waals surface area contributed by atoms with E-state index in [0.717, 1.165) is 5.56 Å². The molecule has 0 spiro atoms. The molecule has 2 amide bonds. The van der Waals surface area contributed by atoms with Crippen molar-refractivity contribution in [3.63, 3.8) is 0 Å². The highest BCUT2D eigenvalue weighted by Crippen LogP contribution is 2.25. The van der Waals surface area contributed by atoms with Gasteiger partial charge in [0, 0.05) is 27.7 Å². The van der Waals surface area contributed by atoms with Gasteiger partial charge in [-0.05, 0) is 49.6 Å². The quantitative estimate of drug-likeness (QED) is 0.569. The maximum Gasteiger partial charge on any atom is 0.243 e. The molecule has 0 aliphatic rings. The Bertz CT molecular complexity index is 871. The molecule has 0 aliphatic heterocycles. The van der Waals surface area contributed by atoms with Crippen LogP contribution in [-0.2, 0) is 22.6 Å². The predicted octanol–water partition coefficient (Wildman–Crippen LogP) is 5.52. The molecule has 0 saturated carbocycles. The molecule has 0 saturated heterocycles. The highest BCUT2D eigenvalue weighted by Gasteiger charge is 2.29. The largest absolute Gasteiger partial charge is 0.352 e. The molecule has 0 aromatic heterocycles. The summed E-state index contributed by atoms with van der Waals surface area (Å²) >= 11 is 18.6. The fourth-order valence-corrected chi connectivity index (χ4v) is 3.71. The van der Waals surface area contributed by atoms with Crippen LogP contribution in [0.1, 0.15) is 38.3 Å². The molecule has 0 fully saturated rings. The molecule has 4 nitrogen and oxygen atoms in total. The van der Waals surface area contributed by atoms with Crippen LogP contribution in [0.25, 0.3) is 0 Å². The summed E-state index contributed by atoms with van der Waals surface area (Å²) < 4.78 is 0. The monoisotopic (exact) mass is 454 g/mol. The second-order valence-corrected chi connectivity index (χ2v) is 8.36. The van der Waals surface area contributed by atoms with E-state index >= 15 is 0 Å². The van der Waals surface area contributed by atoms with Gasteiger partial charge in [-0.3, -0.25) is 9.59 Å². The minimum absolute atomic E-state index is 0.0313. The molecule has 0 unspecified atom stereocenters. The van der Waals surface area contributed by atoms with Crippen LogP contribution in [-0.4, -0.2) is 28.8 Å². The summed E-state index contributed by atoms with van der Waals surface area (Å²) in [6.07, 6.45) is 0.564. The van der Waals surface area contributed by atoms with E-state index in [0.29, 0.717) is 27.1 Å². The second kappa shape index (κ2) is 10.9. The fourth-order valence-electron chi connectivity index (χ4n) is 3.04. The normalized spacial score (nSPS) is 12.0. The first-order valence-electron chi connectivity index (χ1n) is 9.50. The number of nitrogens with one attached hydrogen (secondary N) is 1. The van der Waals surface area contributed by atoms with E-state index < -0.39 is 6.04 Å². The third kappa shape index (κ3) is 6.63. The van der Waals surface area contributed by atoms with Gasteiger partial charge in [-0.2, -0.15) is 0 Å². The average molecular weight is 456 g/mol. The van der Waals surface area contributed by atoms with Gasteiger partial charge >= 0.3 is 0 Å². The first kappa shape index (κ1) is 23.5. The van der Waals surface area contributed by atoms with Crippen molar-refractivity contribution >= 4 is 46.6 Å². The number of rotatable bonds is 8. The van der Waals surface area contributed by atoms with Crippen LogP contribution in [0, 0.1) is 0 Å². The summed E-state index contributed by atoms with van der Waals surface area (Å²) in [4.78, 5) is 27.6. The summed E-state index contributed by atoms with van der Waals surface area (Å²) in [5.41, 5.74) is 1.44. The van der Waals surface area contributed by atoms with E-state index in [9.17, 15) is 9.59 Å². The predicted molar refractivity (Wildman–Crippen MR) is 120 cm³/mol. The van der Waals surface area contributed by atoms with Gasteiger partial charge < -0.3 is 10.2 Å². The molecule has 2 aromatic rings. The minimum atomic E-state index is -0.626. The van der Waals surface area contributed by atoms with Crippen LogP contribution < -0.4 is 5.32 Å². The number of carbonyl (C=O) groups is 2. The van der Waals surface area contributed by atoms with Crippen molar-refractivity contribution < 1.29 is 9.59 Å². The van der Waals surface area contributed by atoms with Gasteiger partial charge in [0.15, 0.2) is 0 Å². The lowest BCUT2D eigenvalue weighted by Crippen LogP contribution is -2.50. The summed E-state index contributed by atoms with van der Waals surface area (Å²) in [5, 5.41) is 4.38. The van der Waals surface area contributed by atoms with Crippen LogP contribution in [0.5, 0.6) is 0 Å². The Kier molecular flexibility index (Phi) is 8.81. The lowest BCUT2D eigenvalue weighted by Gasteiger charge is -2.31. The van der Waals surface area contributed by atoms with Crippen LogP contribution >= 0.6 is 34.8 Å². The highest BCUT2D eigenvalue weighted by atomic mass is 35.5. The van der Waals surface area contributed by atoms with Crippen molar-refractivity contribution in [3.8, 4) is 0 Å². The van der Waals surface area contributed by atoms with Crippen molar-refractivity contribution in [1.82, 2.24) is 10.2 Å². The molecule has 1 N–H and O–H groups in total. The zero-order valence-electron chi connectivity index (χ0n) is 16.7. The molecular weight excluding hydrogens is 431 g/mol. The number of hydrogen-bond donors (Lipinski definition) is 1. The third-order valence-electron chi connectivity index (χ3n) is 4.47. The smallest absolute Gasteiger partial charge is 0.243 e. The number of hydrogen-bond acceptors (Lipinski definition) is 2. The Morgan fingerprint density at radius 1 is 1.00 bits per heavy atom.